The number of benzene rings is 2. The van der Waals surface area contributed by atoms with Gasteiger partial charge in [0.25, 0.3) is 12.4 Å². The summed E-state index contributed by atoms with van der Waals surface area (Å²) in [6.45, 7) is 0. The highest BCUT2D eigenvalue weighted by Gasteiger charge is 2.16. The van der Waals surface area contributed by atoms with Crippen LogP contribution >= 0.6 is 21.7 Å². The quantitative estimate of drug-likeness (QED) is 0.518. The first kappa shape index (κ1) is 13.9. The van der Waals surface area contributed by atoms with Crippen LogP contribution in [0.3, 0.4) is 0 Å². The number of phenols is 1. The molecule has 19 heavy (non-hydrogen) atoms. The van der Waals surface area contributed by atoms with Crippen molar-refractivity contribution in [2.75, 3.05) is 0 Å². The minimum absolute atomic E-state index is 0.0201. The van der Waals surface area contributed by atoms with Crippen LogP contribution in [0.5, 0.6) is 11.5 Å². The molecule has 0 fully saturated rings. The first-order valence-electron chi connectivity index (χ1n) is 4.90. The van der Waals surface area contributed by atoms with E-state index in [2.05, 4.69) is 25.0 Å². The van der Waals surface area contributed by atoms with Crippen molar-refractivity contribution in [3.05, 3.63) is 35.4 Å². The molecular weight excluding hydrogens is 296 g/mol. The van der Waals surface area contributed by atoms with Crippen molar-refractivity contribution in [2.45, 2.75) is 0 Å². The van der Waals surface area contributed by atoms with Gasteiger partial charge in [-0.3, -0.25) is 0 Å². The number of rotatable bonds is 2. The van der Waals surface area contributed by atoms with E-state index in [0.29, 0.717) is 0 Å². The fourth-order valence-corrected chi connectivity index (χ4v) is 2.02. The van der Waals surface area contributed by atoms with E-state index in [4.69, 9.17) is 0 Å². The van der Waals surface area contributed by atoms with Crippen LogP contribution < -0.4 is 4.18 Å². The average molecular weight is 302 g/mol. The number of fused-ring (bicyclic) bond motifs is 1. The lowest BCUT2D eigenvalue weighted by atomic mass is 10.0. The third-order valence-electron chi connectivity index (χ3n) is 2.41. The van der Waals surface area contributed by atoms with Gasteiger partial charge in [0, 0.05) is 11.5 Å². The molecule has 2 aromatic rings. The second kappa shape index (κ2) is 5.60. The van der Waals surface area contributed by atoms with Crippen molar-refractivity contribution >= 4 is 32.4 Å². The highest BCUT2D eigenvalue weighted by Crippen LogP contribution is 2.35. The van der Waals surface area contributed by atoms with E-state index in [1.165, 1.54) is 6.07 Å². The SMILES string of the molecule is Oc1cc(OSF)cc2cc(F)c(F)c(C#CP)c12. The summed E-state index contributed by atoms with van der Waals surface area (Å²) < 4.78 is 43.6. The molecule has 2 rings (SSSR count). The molecule has 0 aliphatic heterocycles. The summed E-state index contributed by atoms with van der Waals surface area (Å²) >= 11 is -0.416. The molecular formula is C12H6F3O2PS. The minimum Gasteiger partial charge on any atom is -0.507 e. The highest BCUT2D eigenvalue weighted by molar-refractivity contribution is 7.89. The third-order valence-corrected chi connectivity index (χ3v) is 2.81. The van der Waals surface area contributed by atoms with Crippen LogP contribution in [0.4, 0.5) is 12.7 Å². The predicted octanol–water partition coefficient (Wildman–Crippen LogP) is 3.92. The van der Waals surface area contributed by atoms with E-state index >= 15 is 0 Å². The first-order chi connectivity index (χ1) is 9.08. The highest BCUT2D eigenvalue weighted by atomic mass is 32.2. The Hall–Kier alpha value is -1.57. The van der Waals surface area contributed by atoms with Gasteiger partial charge < -0.3 is 9.29 Å². The summed E-state index contributed by atoms with van der Waals surface area (Å²) in [5, 5.41) is 10.0. The molecule has 0 saturated heterocycles. The molecule has 0 heterocycles. The zero-order valence-electron chi connectivity index (χ0n) is 9.21. The lowest BCUT2D eigenvalue weighted by Crippen LogP contribution is -1.93. The van der Waals surface area contributed by atoms with Gasteiger partial charge in [0.05, 0.1) is 5.56 Å². The maximum absolute atomic E-state index is 13.7. The Kier molecular flexibility index (Phi) is 4.08. The van der Waals surface area contributed by atoms with E-state index in [1.54, 1.807) is 0 Å². The normalized spacial score (nSPS) is 10.1. The monoisotopic (exact) mass is 302 g/mol. The summed E-state index contributed by atoms with van der Waals surface area (Å²) in [7, 11) is 2.05. The van der Waals surface area contributed by atoms with E-state index in [9.17, 15) is 17.8 Å². The molecule has 0 aliphatic carbocycles. The summed E-state index contributed by atoms with van der Waals surface area (Å²) in [4.78, 5) is 0. The Morgan fingerprint density at radius 3 is 2.63 bits per heavy atom. The molecule has 0 aromatic heterocycles. The smallest absolute Gasteiger partial charge is 0.272 e. The molecule has 98 valence electrons. The molecule has 0 spiro atoms. The van der Waals surface area contributed by atoms with Crippen molar-refractivity contribution in [1.82, 2.24) is 0 Å². The Bertz CT molecular complexity index is 710. The Morgan fingerprint density at radius 1 is 1.26 bits per heavy atom. The fourth-order valence-electron chi connectivity index (χ4n) is 1.71. The second-order valence-electron chi connectivity index (χ2n) is 3.50. The number of hydrogen-bond acceptors (Lipinski definition) is 3. The lowest BCUT2D eigenvalue weighted by molar-refractivity contribution is 0.476. The lowest BCUT2D eigenvalue weighted by Gasteiger charge is -2.08. The van der Waals surface area contributed by atoms with Gasteiger partial charge in [-0.1, -0.05) is 20.8 Å². The topological polar surface area (TPSA) is 29.5 Å². The van der Waals surface area contributed by atoms with E-state index in [-0.39, 0.29) is 27.8 Å². The largest absolute Gasteiger partial charge is 0.507 e. The molecule has 1 unspecified atom stereocenters. The van der Waals surface area contributed by atoms with Gasteiger partial charge in [-0.05, 0) is 17.5 Å². The molecule has 0 radical (unpaired) electrons. The van der Waals surface area contributed by atoms with Crippen molar-refractivity contribution in [2.24, 2.45) is 0 Å². The molecule has 0 bridgehead atoms. The van der Waals surface area contributed by atoms with Crippen LogP contribution in [0.1, 0.15) is 5.56 Å². The van der Waals surface area contributed by atoms with Crippen molar-refractivity contribution in [1.29, 1.82) is 0 Å². The zero-order valence-corrected chi connectivity index (χ0v) is 11.2. The standard InChI is InChI=1S/C12H6F3O2PS/c13-9-4-6-3-7(17-19-15)5-10(16)11(6)8(1-2-18)12(9)14/h3-5,16H,18H2. The molecule has 2 aromatic carbocycles. The van der Waals surface area contributed by atoms with Crippen LogP contribution in [0.25, 0.3) is 10.8 Å². The summed E-state index contributed by atoms with van der Waals surface area (Å²) in [6.07, 6.45) is 0. The van der Waals surface area contributed by atoms with Gasteiger partial charge in [-0.15, -0.1) is 3.89 Å². The van der Waals surface area contributed by atoms with E-state index in [0.717, 1.165) is 12.1 Å². The Morgan fingerprint density at radius 2 is 2.00 bits per heavy atom. The molecule has 1 N–H and O–H groups in total. The van der Waals surface area contributed by atoms with Crippen molar-refractivity contribution in [3.8, 4) is 23.1 Å². The first-order valence-corrected chi connectivity index (χ1v) is 6.12. The van der Waals surface area contributed by atoms with E-state index in [1.807, 2.05) is 0 Å². The fraction of sp³-hybridized carbons (Fsp3) is 0. The van der Waals surface area contributed by atoms with Gasteiger partial charge in [-0.25, -0.2) is 8.78 Å². The van der Waals surface area contributed by atoms with Crippen LogP contribution in [0, 0.1) is 23.2 Å². The van der Waals surface area contributed by atoms with Crippen LogP contribution in [-0.2, 0) is 0 Å². The van der Waals surface area contributed by atoms with Crippen molar-refractivity contribution in [3.63, 3.8) is 0 Å². The Labute approximate surface area is 113 Å². The van der Waals surface area contributed by atoms with Crippen molar-refractivity contribution < 1.29 is 22.0 Å². The van der Waals surface area contributed by atoms with Crippen LogP contribution in [-0.4, -0.2) is 5.11 Å². The van der Waals surface area contributed by atoms with Gasteiger partial charge >= 0.3 is 0 Å². The van der Waals surface area contributed by atoms with Crippen LogP contribution in [0.2, 0.25) is 0 Å². The predicted molar refractivity (Wildman–Crippen MR) is 71.4 cm³/mol. The van der Waals surface area contributed by atoms with Gasteiger partial charge in [0.2, 0.25) is 0 Å². The van der Waals surface area contributed by atoms with Gasteiger partial charge in [0.1, 0.15) is 11.5 Å². The minimum atomic E-state index is -1.15. The Balaban J connectivity index is 2.84. The third kappa shape index (κ3) is 2.58. The van der Waals surface area contributed by atoms with Gasteiger partial charge in [-0.2, -0.15) is 0 Å². The zero-order chi connectivity index (χ0) is 14.0. The number of phenolic OH excluding ortho intramolecular Hbond substituents is 1. The number of aromatic hydroxyl groups is 1. The summed E-state index contributed by atoms with van der Waals surface area (Å²) in [5.41, 5.74) is 2.10. The average Bonchev–Trinajstić information content (AvgIpc) is 2.35. The maximum Gasteiger partial charge on any atom is 0.272 e. The summed E-state index contributed by atoms with van der Waals surface area (Å²) in [6, 6.07) is 3.26. The van der Waals surface area contributed by atoms with Gasteiger partial charge in [0.15, 0.2) is 11.6 Å². The molecule has 0 saturated carbocycles. The maximum atomic E-state index is 13.7. The molecule has 2 nitrogen and oxygen atoms in total. The summed E-state index contributed by atoms with van der Waals surface area (Å²) in [5.74, 6) is -0.281. The molecule has 0 aliphatic rings. The van der Waals surface area contributed by atoms with E-state index < -0.39 is 24.1 Å². The molecule has 7 heteroatoms. The van der Waals surface area contributed by atoms with Crippen LogP contribution in [0.15, 0.2) is 18.2 Å². The molecule has 1 atom stereocenters. The molecule has 0 amide bonds. The number of halogens is 3. The number of hydrogen-bond donors (Lipinski definition) is 1. The second-order valence-corrected chi connectivity index (χ2v) is 4.08.